The summed E-state index contributed by atoms with van der Waals surface area (Å²) in [5.41, 5.74) is 3.49. The summed E-state index contributed by atoms with van der Waals surface area (Å²) in [5.74, 6) is 1.92. The third-order valence-electron chi connectivity index (χ3n) is 5.78. The zero-order valence-electron chi connectivity index (χ0n) is 11.2. The summed E-state index contributed by atoms with van der Waals surface area (Å²) in [4.78, 5) is 2.71. The molecule has 3 heteroatoms. The molecular formula is C16H19NO2. The molecule has 2 fully saturated rings. The number of hydrogen-bond acceptors (Lipinski definition) is 3. The van der Waals surface area contributed by atoms with Crippen LogP contribution in [0.4, 0.5) is 0 Å². The van der Waals surface area contributed by atoms with E-state index in [1.54, 1.807) is 5.56 Å². The van der Waals surface area contributed by atoms with Crippen molar-refractivity contribution in [3.63, 3.8) is 0 Å². The monoisotopic (exact) mass is 257 g/mol. The van der Waals surface area contributed by atoms with Crippen molar-refractivity contribution in [1.29, 1.82) is 0 Å². The maximum absolute atomic E-state index is 5.61. The fourth-order valence-corrected chi connectivity index (χ4v) is 4.98. The lowest BCUT2D eigenvalue weighted by Crippen LogP contribution is -2.48. The van der Waals surface area contributed by atoms with Crippen molar-refractivity contribution >= 4 is 0 Å². The van der Waals surface area contributed by atoms with Crippen LogP contribution in [-0.2, 0) is 12.0 Å². The molecule has 100 valence electrons. The predicted octanol–water partition coefficient (Wildman–Crippen LogP) is 2.82. The van der Waals surface area contributed by atoms with Crippen LogP contribution in [0, 0.1) is 0 Å². The largest absolute Gasteiger partial charge is 0.454 e. The predicted molar refractivity (Wildman–Crippen MR) is 71.5 cm³/mol. The van der Waals surface area contributed by atoms with Crippen molar-refractivity contribution in [3.8, 4) is 11.5 Å². The Morgan fingerprint density at radius 3 is 2.95 bits per heavy atom. The molecule has 3 heterocycles. The number of nitrogens with zero attached hydrogens (tertiary/aromatic N) is 1. The molecule has 0 aromatic heterocycles. The zero-order chi connectivity index (χ0) is 12.4. The van der Waals surface area contributed by atoms with Gasteiger partial charge in [-0.2, -0.15) is 0 Å². The summed E-state index contributed by atoms with van der Waals surface area (Å²) in [6, 6.07) is 5.33. The minimum absolute atomic E-state index is 0.387. The van der Waals surface area contributed by atoms with Crippen molar-refractivity contribution < 1.29 is 9.47 Å². The first-order valence-electron chi connectivity index (χ1n) is 7.54. The topological polar surface area (TPSA) is 21.7 Å². The number of fused-ring (bicyclic) bond motifs is 2. The standard InChI is InChI=1S/C16H19NO2/c1-2-4-16-5-6-17(15(16)3-1)9-11-7-13-14(8-12(11)16)19-10-18-13/h7-8,15H,1-6,9-10H2/t15-,16+/m1/s1. The van der Waals surface area contributed by atoms with Gasteiger partial charge in [0.2, 0.25) is 6.79 Å². The van der Waals surface area contributed by atoms with E-state index >= 15 is 0 Å². The number of ether oxygens (including phenoxy) is 2. The Hall–Kier alpha value is -1.22. The summed E-state index contributed by atoms with van der Waals surface area (Å²) in [7, 11) is 0. The van der Waals surface area contributed by atoms with Crippen molar-refractivity contribution in [1.82, 2.24) is 4.90 Å². The van der Waals surface area contributed by atoms with Gasteiger partial charge in [0.05, 0.1) is 0 Å². The molecule has 2 bridgehead atoms. The van der Waals surface area contributed by atoms with Crippen molar-refractivity contribution in [2.24, 2.45) is 0 Å². The van der Waals surface area contributed by atoms with Crippen LogP contribution in [0.2, 0.25) is 0 Å². The highest BCUT2D eigenvalue weighted by Gasteiger charge is 2.53. The van der Waals surface area contributed by atoms with Crippen LogP contribution in [0.5, 0.6) is 11.5 Å². The molecule has 4 aliphatic rings. The van der Waals surface area contributed by atoms with E-state index in [4.69, 9.17) is 9.47 Å². The van der Waals surface area contributed by atoms with E-state index < -0.39 is 0 Å². The molecule has 0 radical (unpaired) electrons. The second-order valence-electron chi connectivity index (χ2n) is 6.50. The molecule has 3 aliphatic heterocycles. The average Bonchev–Trinajstić information content (AvgIpc) is 3.00. The molecule has 0 N–H and O–H groups in total. The molecule has 0 spiro atoms. The first-order valence-corrected chi connectivity index (χ1v) is 7.54. The molecule has 1 aromatic rings. The summed E-state index contributed by atoms with van der Waals surface area (Å²) in [5, 5.41) is 0. The van der Waals surface area contributed by atoms with Gasteiger partial charge in [0, 0.05) is 18.0 Å². The molecular weight excluding hydrogens is 238 g/mol. The van der Waals surface area contributed by atoms with Crippen LogP contribution in [0.3, 0.4) is 0 Å². The number of benzene rings is 1. The highest BCUT2D eigenvalue weighted by atomic mass is 16.7. The van der Waals surface area contributed by atoms with Gasteiger partial charge in [0.1, 0.15) is 0 Å². The van der Waals surface area contributed by atoms with Crippen LogP contribution in [0.25, 0.3) is 0 Å². The number of rotatable bonds is 0. The highest BCUT2D eigenvalue weighted by molar-refractivity contribution is 5.53. The molecule has 5 rings (SSSR count). The van der Waals surface area contributed by atoms with Crippen LogP contribution in [0.1, 0.15) is 43.2 Å². The van der Waals surface area contributed by atoms with Crippen molar-refractivity contribution in [3.05, 3.63) is 23.3 Å². The van der Waals surface area contributed by atoms with Gasteiger partial charge in [-0.05, 0) is 49.1 Å². The lowest BCUT2D eigenvalue weighted by Gasteiger charge is -2.47. The summed E-state index contributed by atoms with van der Waals surface area (Å²) >= 11 is 0. The lowest BCUT2D eigenvalue weighted by atomic mass is 9.63. The van der Waals surface area contributed by atoms with E-state index in [1.165, 1.54) is 44.2 Å². The molecule has 3 atom stereocenters. The lowest BCUT2D eigenvalue weighted by molar-refractivity contribution is 0.132. The second-order valence-corrected chi connectivity index (χ2v) is 6.50. The smallest absolute Gasteiger partial charge is 0.231 e. The minimum atomic E-state index is 0.387. The third-order valence-corrected chi connectivity index (χ3v) is 5.78. The maximum atomic E-state index is 5.61. The molecule has 0 amide bonds. The third kappa shape index (κ3) is 1.22. The quantitative estimate of drug-likeness (QED) is 0.713. The number of hydrogen-bond donors (Lipinski definition) is 0. The Kier molecular flexibility index (Phi) is 1.92. The summed E-state index contributed by atoms with van der Waals surface area (Å²) in [6.07, 6.45) is 6.88. The normalized spacial score (nSPS) is 37.9. The molecule has 1 unspecified atom stereocenters. The Balaban J connectivity index is 1.72. The average molecular weight is 257 g/mol. The second kappa shape index (κ2) is 3.45. The van der Waals surface area contributed by atoms with Gasteiger partial charge in [-0.15, -0.1) is 0 Å². The molecule has 1 saturated carbocycles. The first-order chi connectivity index (χ1) is 9.37. The fraction of sp³-hybridized carbons (Fsp3) is 0.625. The van der Waals surface area contributed by atoms with E-state index in [0.29, 0.717) is 12.2 Å². The van der Waals surface area contributed by atoms with Gasteiger partial charge in [-0.25, -0.2) is 0 Å². The van der Waals surface area contributed by atoms with E-state index in [0.717, 1.165) is 24.1 Å². The minimum Gasteiger partial charge on any atom is -0.454 e. The molecule has 1 aromatic carbocycles. The van der Waals surface area contributed by atoms with Crippen LogP contribution >= 0.6 is 0 Å². The van der Waals surface area contributed by atoms with Crippen molar-refractivity contribution in [2.45, 2.75) is 50.1 Å². The maximum Gasteiger partial charge on any atom is 0.231 e. The first kappa shape index (κ1) is 10.6. The van der Waals surface area contributed by atoms with Gasteiger partial charge in [-0.1, -0.05) is 12.8 Å². The SMILES string of the molecule is c1c2c(cc3c1OCO3)[C@@]13CCCC[C@H]1N(CC3)C2. The van der Waals surface area contributed by atoms with Crippen LogP contribution in [0.15, 0.2) is 12.1 Å². The zero-order valence-corrected chi connectivity index (χ0v) is 11.2. The van der Waals surface area contributed by atoms with E-state index in [-0.39, 0.29) is 0 Å². The highest BCUT2D eigenvalue weighted by Crippen LogP contribution is 2.55. The van der Waals surface area contributed by atoms with E-state index in [2.05, 4.69) is 17.0 Å². The van der Waals surface area contributed by atoms with Crippen LogP contribution < -0.4 is 9.47 Å². The van der Waals surface area contributed by atoms with Gasteiger partial charge in [-0.3, -0.25) is 4.90 Å². The Bertz CT molecular complexity index is 556. The fourth-order valence-electron chi connectivity index (χ4n) is 4.98. The summed E-state index contributed by atoms with van der Waals surface area (Å²) < 4.78 is 11.2. The Morgan fingerprint density at radius 2 is 2.00 bits per heavy atom. The van der Waals surface area contributed by atoms with Gasteiger partial charge < -0.3 is 9.47 Å². The molecule has 1 saturated heterocycles. The van der Waals surface area contributed by atoms with Crippen molar-refractivity contribution in [2.75, 3.05) is 13.3 Å². The molecule has 19 heavy (non-hydrogen) atoms. The van der Waals surface area contributed by atoms with Crippen LogP contribution in [-0.4, -0.2) is 24.3 Å². The Morgan fingerprint density at radius 1 is 1.11 bits per heavy atom. The van der Waals surface area contributed by atoms with Gasteiger partial charge >= 0.3 is 0 Å². The Labute approximate surface area is 113 Å². The van der Waals surface area contributed by atoms with E-state index in [9.17, 15) is 0 Å². The van der Waals surface area contributed by atoms with E-state index in [1.807, 2.05) is 0 Å². The summed E-state index contributed by atoms with van der Waals surface area (Å²) in [6.45, 7) is 2.77. The molecule has 3 nitrogen and oxygen atoms in total. The van der Waals surface area contributed by atoms with Gasteiger partial charge in [0.25, 0.3) is 0 Å². The van der Waals surface area contributed by atoms with Gasteiger partial charge in [0.15, 0.2) is 11.5 Å². The molecule has 1 aliphatic carbocycles.